The van der Waals surface area contributed by atoms with Gasteiger partial charge in [-0.25, -0.2) is 22.0 Å². The molecule has 1 amide bonds. The highest BCUT2D eigenvalue weighted by Crippen LogP contribution is 2.39. The first-order valence-corrected chi connectivity index (χ1v) is 16.1. The van der Waals surface area contributed by atoms with E-state index < -0.39 is 44.6 Å². The van der Waals surface area contributed by atoms with E-state index in [1.807, 2.05) is 6.92 Å². The Labute approximate surface area is 243 Å². The number of carbonyl (C=O) groups excluding carboxylic acids is 2. The molecule has 3 rings (SSSR count). The highest BCUT2D eigenvalue weighted by Gasteiger charge is 2.44. The molecule has 2 atom stereocenters. The van der Waals surface area contributed by atoms with E-state index in [0.717, 1.165) is 5.56 Å². The monoisotopic (exact) mass is 601 g/mol. The molecule has 2 aliphatic carbocycles. The lowest BCUT2D eigenvalue weighted by Gasteiger charge is -2.37. The Kier molecular flexibility index (Phi) is 11.0. The predicted octanol–water partition coefficient (Wildman–Crippen LogP) is 6.47. The third-order valence-corrected chi connectivity index (χ3v) is 10.1. The number of esters is 1. The quantitative estimate of drug-likeness (QED) is 0.212. The van der Waals surface area contributed by atoms with Crippen LogP contribution in [0.2, 0.25) is 0 Å². The first kappa shape index (κ1) is 33.1. The summed E-state index contributed by atoms with van der Waals surface area (Å²) in [7, 11) is -2.56. The molecule has 0 bridgehead atoms. The molecule has 11 heteroatoms. The Morgan fingerprint density at radius 1 is 1.05 bits per heavy atom. The standard InChI is InChI=1S/C30H45F2NO7S/c1-21-12-13-26(41(36,37)25-11-9-10-23(25)27(34)38-5)24(20-21)39-19-8-6-7-18-33(28(35)40-29(2,3)4)22-14-16-30(31,32)17-15-22/h12-13,20,22-23,25H,6-11,14-19H2,1-5H3/t23-,25-/m0/s1. The van der Waals surface area contributed by atoms with Gasteiger partial charge in [0.1, 0.15) is 16.2 Å². The zero-order valence-electron chi connectivity index (χ0n) is 24.9. The number of halogens is 2. The van der Waals surface area contributed by atoms with Crippen molar-refractivity contribution in [3.8, 4) is 5.75 Å². The van der Waals surface area contributed by atoms with Crippen molar-refractivity contribution in [1.82, 2.24) is 4.90 Å². The number of amides is 1. The largest absolute Gasteiger partial charge is 0.492 e. The zero-order chi connectivity index (χ0) is 30.4. The van der Waals surface area contributed by atoms with Gasteiger partial charge in [0, 0.05) is 25.4 Å². The fourth-order valence-corrected chi connectivity index (χ4v) is 7.81. The van der Waals surface area contributed by atoms with Crippen LogP contribution in [0.25, 0.3) is 0 Å². The Morgan fingerprint density at radius 2 is 1.73 bits per heavy atom. The lowest BCUT2D eigenvalue weighted by molar-refractivity contribution is -0.145. The van der Waals surface area contributed by atoms with Crippen molar-refractivity contribution < 1.29 is 41.0 Å². The minimum absolute atomic E-state index is 0.0779. The third kappa shape index (κ3) is 9.03. The van der Waals surface area contributed by atoms with Gasteiger partial charge in [-0.05, 0) is 90.3 Å². The molecule has 2 fully saturated rings. The number of sulfone groups is 1. The van der Waals surface area contributed by atoms with Crippen LogP contribution in [0.4, 0.5) is 13.6 Å². The summed E-state index contributed by atoms with van der Waals surface area (Å²) in [5, 5.41) is -0.849. The maximum atomic E-state index is 13.7. The average Bonchev–Trinajstić information content (AvgIpc) is 3.38. The number of methoxy groups -OCH3 is 1. The number of alkyl halides is 2. The smallest absolute Gasteiger partial charge is 0.410 e. The number of carbonyl (C=O) groups is 2. The maximum Gasteiger partial charge on any atom is 0.410 e. The molecule has 0 heterocycles. The van der Waals surface area contributed by atoms with E-state index in [0.29, 0.717) is 45.1 Å². The number of hydrogen-bond donors (Lipinski definition) is 0. The van der Waals surface area contributed by atoms with E-state index in [2.05, 4.69) is 0 Å². The van der Waals surface area contributed by atoms with Crippen LogP contribution in [-0.4, -0.2) is 68.5 Å². The Bertz CT molecular complexity index is 1160. The van der Waals surface area contributed by atoms with Crippen molar-refractivity contribution in [3.05, 3.63) is 23.8 Å². The van der Waals surface area contributed by atoms with Gasteiger partial charge in [0.15, 0.2) is 9.84 Å². The molecule has 0 saturated heterocycles. The molecule has 2 saturated carbocycles. The summed E-state index contributed by atoms with van der Waals surface area (Å²) >= 11 is 0. The summed E-state index contributed by atoms with van der Waals surface area (Å²) in [6.07, 6.45) is 2.90. The van der Waals surface area contributed by atoms with Crippen molar-refractivity contribution in [2.75, 3.05) is 20.3 Å². The van der Waals surface area contributed by atoms with Crippen LogP contribution in [0, 0.1) is 12.8 Å². The topological polar surface area (TPSA) is 99.2 Å². The molecule has 232 valence electrons. The molecule has 41 heavy (non-hydrogen) atoms. The number of aryl methyl sites for hydroxylation is 1. The minimum atomic E-state index is -3.83. The molecular formula is C30H45F2NO7S. The fraction of sp³-hybridized carbons (Fsp3) is 0.733. The Hall–Kier alpha value is -2.43. The van der Waals surface area contributed by atoms with Crippen LogP contribution in [-0.2, 0) is 24.1 Å². The average molecular weight is 602 g/mol. The van der Waals surface area contributed by atoms with Gasteiger partial charge in [0.2, 0.25) is 5.92 Å². The van der Waals surface area contributed by atoms with Crippen LogP contribution in [0.5, 0.6) is 5.75 Å². The van der Waals surface area contributed by atoms with Gasteiger partial charge in [-0.15, -0.1) is 0 Å². The summed E-state index contributed by atoms with van der Waals surface area (Å²) < 4.78 is 71.0. The van der Waals surface area contributed by atoms with Crippen molar-refractivity contribution >= 4 is 21.9 Å². The van der Waals surface area contributed by atoms with Crippen LogP contribution < -0.4 is 4.74 Å². The summed E-state index contributed by atoms with van der Waals surface area (Å²) in [5.74, 6) is -3.62. The summed E-state index contributed by atoms with van der Waals surface area (Å²) in [6, 6.07) is 4.66. The van der Waals surface area contributed by atoms with Gasteiger partial charge in [0.05, 0.1) is 24.9 Å². The Balaban J connectivity index is 1.59. The van der Waals surface area contributed by atoms with E-state index in [9.17, 15) is 26.8 Å². The van der Waals surface area contributed by atoms with E-state index in [-0.39, 0.29) is 49.0 Å². The van der Waals surface area contributed by atoms with E-state index in [1.165, 1.54) is 7.11 Å². The highest BCUT2D eigenvalue weighted by molar-refractivity contribution is 7.92. The predicted molar refractivity (Wildman–Crippen MR) is 151 cm³/mol. The van der Waals surface area contributed by atoms with Crippen LogP contribution in [0.3, 0.4) is 0 Å². The van der Waals surface area contributed by atoms with E-state index in [4.69, 9.17) is 14.2 Å². The molecule has 0 N–H and O–H groups in total. The van der Waals surface area contributed by atoms with E-state index >= 15 is 0 Å². The maximum absolute atomic E-state index is 13.7. The first-order valence-electron chi connectivity index (χ1n) is 14.6. The van der Waals surface area contributed by atoms with Crippen molar-refractivity contribution in [2.24, 2.45) is 5.92 Å². The van der Waals surface area contributed by atoms with Crippen molar-refractivity contribution in [1.29, 1.82) is 0 Å². The van der Waals surface area contributed by atoms with Crippen molar-refractivity contribution in [2.45, 2.75) is 120 Å². The zero-order valence-corrected chi connectivity index (χ0v) is 25.7. The van der Waals surface area contributed by atoms with Gasteiger partial charge in [-0.3, -0.25) is 4.79 Å². The number of rotatable bonds is 11. The van der Waals surface area contributed by atoms with Gasteiger partial charge in [-0.2, -0.15) is 0 Å². The number of ether oxygens (including phenoxy) is 3. The van der Waals surface area contributed by atoms with Gasteiger partial charge < -0.3 is 19.1 Å². The summed E-state index contributed by atoms with van der Waals surface area (Å²) in [4.78, 5) is 26.8. The molecular weight excluding hydrogens is 556 g/mol. The lowest BCUT2D eigenvalue weighted by Crippen LogP contribution is -2.46. The molecule has 0 spiro atoms. The molecule has 0 aliphatic heterocycles. The van der Waals surface area contributed by atoms with Crippen LogP contribution in [0.1, 0.15) is 90.5 Å². The number of unbranched alkanes of at least 4 members (excludes halogenated alkanes) is 2. The van der Waals surface area contributed by atoms with Gasteiger partial charge in [0.25, 0.3) is 0 Å². The molecule has 2 aliphatic rings. The van der Waals surface area contributed by atoms with Crippen molar-refractivity contribution in [3.63, 3.8) is 0 Å². The van der Waals surface area contributed by atoms with Gasteiger partial charge >= 0.3 is 12.1 Å². The normalized spacial score (nSPS) is 21.3. The second kappa shape index (κ2) is 13.7. The minimum Gasteiger partial charge on any atom is -0.492 e. The molecule has 1 aromatic rings. The van der Waals surface area contributed by atoms with Crippen LogP contribution in [0.15, 0.2) is 23.1 Å². The molecule has 0 aromatic heterocycles. The van der Waals surface area contributed by atoms with Gasteiger partial charge in [-0.1, -0.05) is 12.5 Å². The SMILES string of the molecule is COC(=O)[C@H]1CCC[C@@H]1S(=O)(=O)c1ccc(C)cc1OCCCCCN(C(=O)OC(C)(C)C)C1CCC(F)(F)CC1. The number of hydrogen-bond acceptors (Lipinski definition) is 7. The molecule has 8 nitrogen and oxygen atoms in total. The van der Waals surface area contributed by atoms with Crippen LogP contribution >= 0.6 is 0 Å². The molecule has 0 unspecified atom stereocenters. The van der Waals surface area contributed by atoms with E-state index in [1.54, 1.807) is 43.9 Å². The highest BCUT2D eigenvalue weighted by atomic mass is 32.2. The second-order valence-corrected chi connectivity index (χ2v) is 14.4. The molecule has 1 aromatic carbocycles. The summed E-state index contributed by atoms with van der Waals surface area (Å²) in [6.45, 7) is 7.82. The summed E-state index contributed by atoms with van der Waals surface area (Å²) in [5.41, 5.74) is 0.157. The fourth-order valence-electron chi connectivity index (χ4n) is 5.67. The first-order chi connectivity index (χ1) is 19.1. The molecule has 0 radical (unpaired) electrons. The lowest BCUT2D eigenvalue weighted by atomic mass is 9.91. The third-order valence-electron chi connectivity index (χ3n) is 7.82. The Morgan fingerprint density at radius 3 is 2.37 bits per heavy atom. The number of nitrogens with zero attached hydrogens (tertiary/aromatic N) is 1. The number of benzene rings is 1. The second-order valence-electron chi connectivity index (χ2n) is 12.3.